The third-order valence-electron chi connectivity index (χ3n) is 5.32. The summed E-state index contributed by atoms with van der Waals surface area (Å²) in [5.41, 5.74) is 2.42. The fourth-order valence-electron chi connectivity index (χ4n) is 3.53. The summed E-state index contributed by atoms with van der Waals surface area (Å²) in [6.07, 6.45) is 2.30. The van der Waals surface area contributed by atoms with Crippen LogP contribution in [0.15, 0.2) is 72.9 Å². The highest BCUT2D eigenvalue weighted by Gasteiger charge is 2.22. The van der Waals surface area contributed by atoms with Crippen LogP contribution < -0.4 is 10.1 Å². The number of rotatable bonds is 4. The number of pyridine rings is 1. The SMILES string of the molecule is Cc1ccc(Oc2ccc(NC(=O)N3CCCN(C(=O)c4ccccc4)CC3)cn2)cc1. The lowest BCUT2D eigenvalue weighted by molar-refractivity contribution is 0.0762. The number of nitrogens with one attached hydrogen (secondary N) is 1. The molecule has 1 saturated heterocycles. The first-order valence-corrected chi connectivity index (χ1v) is 10.7. The minimum Gasteiger partial charge on any atom is -0.439 e. The van der Waals surface area contributed by atoms with Gasteiger partial charge in [0.25, 0.3) is 5.91 Å². The van der Waals surface area contributed by atoms with Crippen LogP contribution in [0.4, 0.5) is 10.5 Å². The number of carbonyl (C=O) groups excluding carboxylic acids is 2. The van der Waals surface area contributed by atoms with Crippen molar-refractivity contribution in [2.24, 2.45) is 0 Å². The van der Waals surface area contributed by atoms with Crippen molar-refractivity contribution >= 4 is 17.6 Å². The second-order valence-electron chi connectivity index (χ2n) is 7.73. The van der Waals surface area contributed by atoms with E-state index < -0.39 is 0 Å². The van der Waals surface area contributed by atoms with Crippen LogP contribution in [0.5, 0.6) is 11.6 Å². The van der Waals surface area contributed by atoms with E-state index in [2.05, 4.69) is 10.3 Å². The first-order valence-electron chi connectivity index (χ1n) is 10.7. The molecule has 0 aliphatic carbocycles. The van der Waals surface area contributed by atoms with Gasteiger partial charge in [-0.05, 0) is 43.7 Å². The summed E-state index contributed by atoms with van der Waals surface area (Å²) in [5, 5.41) is 2.88. The number of hydrogen-bond acceptors (Lipinski definition) is 4. The van der Waals surface area contributed by atoms with E-state index in [4.69, 9.17) is 4.74 Å². The van der Waals surface area contributed by atoms with Crippen molar-refractivity contribution in [3.63, 3.8) is 0 Å². The van der Waals surface area contributed by atoms with Gasteiger partial charge in [-0.15, -0.1) is 0 Å². The molecule has 7 nitrogen and oxygen atoms in total. The van der Waals surface area contributed by atoms with Crippen molar-refractivity contribution < 1.29 is 14.3 Å². The molecule has 3 aromatic rings. The zero-order valence-electron chi connectivity index (χ0n) is 18.0. The maximum absolute atomic E-state index is 12.7. The Hall–Kier alpha value is -3.87. The van der Waals surface area contributed by atoms with Gasteiger partial charge in [0.05, 0.1) is 11.9 Å². The zero-order valence-corrected chi connectivity index (χ0v) is 18.0. The molecule has 2 heterocycles. The predicted octanol–water partition coefficient (Wildman–Crippen LogP) is 4.56. The number of anilines is 1. The molecule has 1 N–H and O–H groups in total. The van der Waals surface area contributed by atoms with Crippen LogP contribution in [0.25, 0.3) is 0 Å². The van der Waals surface area contributed by atoms with Gasteiger partial charge < -0.3 is 19.9 Å². The van der Waals surface area contributed by atoms with E-state index >= 15 is 0 Å². The largest absolute Gasteiger partial charge is 0.439 e. The molecule has 2 aromatic carbocycles. The average Bonchev–Trinajstić information content (AvgIpc) is 3.08. The molecule has 0 radical (unpaired) electrons. The van der Waals surface area contributed by atoms with Crippen molar-refractivity contribution in [1.82, 2.24) is 14.8 Å². The number of ether oxygens (including phenoxy) is 1. The van der Waals surface area contributed by atoms with E-state index in [-0.39, 0.29) is 11.9 Å². The molecule has 0 saturated carbocycles. The van der Waals surface area contributed by atoms with Gasteiger partial charge >= 0.3 is 6.03 Å². The van der Waals surface area contributed by atoms with Crippen molar-refractivity contribution in [2.75, 3.05) is 31.5 Å². The lowest BCUT2D eigenvalue weighted by atomic mass is 10.2. The molecule has 1 aromatic heterocycles. The van der Waals surface area contributed by atoms with Crippen LogP contribution in [-0.4, -0.2) is 52.9 Å². The Morgan fingerprint density at radius 3 is 2.31 bits per heavy atom. The molecule has 0 unspecified atom stereocenters. The molecule has 7 heteroatoms. The summed E-state index contributed by atoms with van der Waals surface area (Å²) in [4.78, 5) is 33.2. The Balaban J connectivity index is 1.31. The van der Waals surface area contributed by atoms with E-state index in [1.54, 1.807) is 28.1 Å². The van der Waals surface area contributed by atoms with E-state index in [0.29, 0.717) is 49.1 Å². The Morgan fingerprint density at radius 1 is 0.875 bits per heavy atom. The van der Waals surface area contributed by atoms with Gasteiger partial charge in [0.2, 0.25) is 5.88 Å². The van der Waals surface area contributed by atoms with Crippen LogP contribution in [-0.2, 0) is 0 Å². The van der Waals surface area contributed by atoms with Gasteiger partial charge in [0, 0.05) is 37.8 Å². The summed E-state index contributed by atoms with van der Waals surface area (Å²) < 4.78 is 5.73. The maximum Gasteiger partial charge on any atom is 0.321 e. The van der Waals surface area contributed by atoms with Crippen molar-refractivity contribution in [1.29, 1.82) is 0 Å². The van der Waals surface area contributed by atoms with E-state index in [0.717, 1.165) is 12.0 Å². The lowest BCUT2D eigenvalue weighted by Gasteiger charge is -2.22. The minimum atomic E-state index is -0.201. The molecular weight excluding hydrogens is 404 g/mol. The van der Waals surface area contributed by atoms with Crippen molar-refractivity contribution in [2.45, 2.75) is 13.3 Å². The van der Waals surface area contributed by atoms with E-state index in [1.165, 1.54) is 0 Å². The monoisotopic (exact) mass is 430 g/mol. The average molecular weight is 431 g/mol. The fraction of sp³-hybridized carbons (Fsp3) is 0.240. The second-order valence-corrected chi connectivity index (χ2v) is 7.73. The van der Waals surface area contributed by atoms with Crippen LogP contribution >= 0.6 is 0 Å². The number of carbonyl (C=O) groups is 2. The number of hydrogen-bond donors (Lipinski definition) is 1. The highest BCUT2D eigenvalue weighted by molar-refractivity contribution is 5.94. The molecule has 0 bridgehead atoms. The molecule has 4 rings (SSSR count). The van der Waals surface area contributed by atoms with Gasteiger partial charge in [-0.25, -0.2) is 9.78 Å². The fourth-order valence-corrected chi connectivity index (χ4v) is 3.53. The van der Waals surface area contributed by atoms with E-state index in [1.807, 2.05) is 61.5 Å². The number of amides is 3. The van der Waals surface area contributed by atoms with Crippen LogP contribution in [0, 0.1) is 6.92 Å². The number of aromatic nitrogens is 1. The number of aryl methyl sites for hydroxylation is 1. The lowest BCUT2D eigenvalue weighted by Crippen LogP contribution is -2.39. The smallest absolute Gasteiger partial charge is 0.321 e. The number of benzene rings is 2. The minimum absolute atomic E-state index is 0.00113. The predicted molar refractivity (Wildman–Crippen MR) is 123 cm³/mol. The Bertz CT molecular complexity index is 1050. The van der Waals surface area contributed by atoms with Crippen molar-refractivity contribution in [3.05, 3.63) is 84.1 Å². The van der Waals surface area contributed by atoms with Gasteiger partial charge in [-0.3, -0.25) is 4.79 Å². The second kappa shape index (κ2) is 9.96. The highest BCUT2D eigenvalue weighted by Crippen LogP contribution is 2.21. The normalized spacial score (nSPS) is 13.9. The molecule has 0 atom stereocenters. The number of nitrogens with zero attached hydrogens (tertiary/aromatic N) is 3. The van der Waals surface area contributed by atoms with Gasteiger partial charge in [0.15, 0.2) is 0 Å². The molecule has 3 amide bonds. The molecule has 0 spiro atoms. The van der Waals surface area contributed by atoms with E-state index in [9.17, 15) is 9.59 Å². The molecule has 1 aliphatic heterocycles. The Labute approximate surface area is 187 Å². The summed E-state index contributed by atoms with van der Waals surface area (Å²) in [5.74, 6) is 1.16. The Kier molecular flexibility index (Phi) is 6.65. The third kappa shape index (κ3) is 5.43. The molecule has 164 valence electrons. The molecule has 1 aliphatic rings. The van der Waals surface area contributed by atoms with Crippen LogP contribution in [0.1, 0.15) is 22.3 Å². The summed E-state index contributed by atoms with van der Waals surface area (Å²) >= 11 is 0. The standard InChI is InChI=1S/C25H26N4O3/c1-19-8-11-22(12-9-19)32-23-13-10-21(18-26-23)27-25(31)29-15-5-14-28(16-17-29)24(30)20-6-3-2-4-7-20/h2-4,6-13,18H,5,14-17H2,1H3,(H,27,31). The highest BCUT2D eigenvalue weighted by atomic mass is 16.5. The quantitative estimate of drug-likeness (QED) is 0.658. The summed E-state index contributed by atoms with van der Waals surface area (Å²) in [7, 11) is 0. The summed E-state index contributed by atoms with van der Waals surface area (Å²) in [6, 6.07) is 20.2. The first-order chi connectivity index (χ1) is 15.6. The van der Waals surface area contributed by atoms with Crippen LogP contribution in [0.2, 0.25) is 0 Å². The van der Waals surface area contributed by atoms with Gasteiger partial charge in [-0.2, -0.15) is 0 Å². The first kappa shape index (κ1) is 21.4. The molecule has 32 heavy (non-hydrogen) atoms. The topological polar surface area (TPSA) is 74.8 Å². The van der Waals surface area contributed by atoms with Crippen molar-refractivity contribution in [3.8, 4) is 11.6 Å². The van der Waals surface area contributed by atoms with Gasteiger partial charge in [-0.1, -0.05) is 35.9 Å². The van der Waals surface area contributed by atoms with Gasteiger partial charge in [0.1, 0.15) is 5.75 Å². The molecule has 1 fully saturated rings. The third-order valence-corrected chi connectivity index (χ3v) is 5.32. The maximum atomic E-state index is 12.7. The van der Waals surface area contributed by atoms with Crippen LogP contribution in [0.3, 0.4) is 0 Å². The molecular formula is C25H26N4O3. The Morgan fingerprint density at radius 2 is 1.59 bits per heavy atom. The zero-order chi connectivity index (χ0) is 22.3. The summed E-state index contributed by atoms with van der Waals surface area (Å²) in [6.45, 7) is 4.22. The number of urea groups is 1.